The van der Waals surface area contributed by atoms with Gasteiger partial charge in [-0.2, -0.15) is 0 Å². The number of benzene rings is 1. The van der Waals surface area contributed by atoms with Gasteiger partial charge in [0, 0.05) is 63.1 Å². The number of carbonyl (C=O) groups is 1. The lowest BCUT2D eigenvalue weighted by Crippen LogP contribution is -2.47. The first-order valence-corrected chi connectivity index (χ1v) is 11.9. The molecule has 0 bridgehead atoms. The number of anilines is 1. The lowest BCUT2D eigenvalue weighted by Gasteiger charge is -2.37. The third-order valence-corrected chi connectivity index (χ3v) is 6.80. The molecule has 1 aliphatic carbocycles. The highest BCUT2D eigenvalue weighted by molar-refractivity contribution is 6.30. The van der Waals surface area contributed by atoms with Gasteiger partial charge in [-0.3, -0.25) is 9.69 Å². The fourth-order valence-corrected chi connectivity index (χ4v) is 5.05. The molecule has 0 spiro atoms. The van der Waals surface area contributed by atoms with Gasteiger partial charge in [0.2, 0.25) is 5.91 Å². The van der Waals surface area contributed by atoms with Crippen LogP contribution >= 0.6 is 11.6 Å². The predicted octanol–water partition coefficient (Wildman–Crippen LogP) is 4.26. The third kappa shape index (κ3) is 7.44. The fraction of sp³-hybridized carbons (Fsp3) is 0.708. The zero-order valence-corrected chi connectivity index (χ0v) is 19.4. The van der Waals surface area contributed by atoms with Gasteiger partial charge in [0.05, 0.1) is 0 Å². The average Bonchev–Trinajstić information content (AvgIpc) is 2.73. The molecule has 1 aromatic rings. The van der Waals surface area contributed by atoms with Crippen LogP contribution in [0.5, 0.6) is 0 Å². The second-order valence-corrected chi connectivity index (χ2v) is 9.42. The first kappa shape index (κ1) is 23.4. The quantitative estimate of drug-likeness (QED) is 0.588. The standard InChI is InChI=1S/C24H38ClN3O2/c1-19-16-21(25)18-23(17-19)28-13-11-27(12-14-28)10-9-20-5-7-22(8-6-20)26-24(29)4-3-15-30-2/h16-18,20,22H,3-15H2,1-2H3,(H,26,29). The van der Waals surface area contributed by atoms with E-state index in [2.05, 4.69) is 34.2 Å². The van der Waals surface area contributed by atoms with E-state index in [-0.39, 0.29) is 5.91 Å². The molecule has 0 aromatic heterocycles. The van der Waals surface area contributed by atoms with Gasteiger partial charge >= 0.3 is 0 Å². The molecule has 30 heavy (non-hydrogen) atoms. The summed E-state index contributed by atoms with van der Waals surface area (Å²) in [6.45, 7) is 8.35. The molecule has 0 radical (unpaired) electrons. The van der Waals surface area contributed by atoms with Crippen molar-refractivity contribution >= 4 is 23.2 Å². The number of nitrogens with one attached hydrogen (secondary N) is 1. The molecule has 1 aromatic carbocycles. The van der Waals surface area contributed by atoms with Crippen LogP contribution in [-0.2, 0) is 9.53 Å². The number of carbonyl (C=O) groups excluding carboxylic acids is 1. The molecule has 1 N–H and O–H groups in total. The molecule has 1 saturated carbocycles. The maximum absolute atomic E-state index is 12.0. The summed E-state index contributed by atoms with van der Waals surface area (Å²) in [4.78, 5) is 17.0. The summed E-state index contributed by atoms with van der Waals surface area (Å²) in [6, 6.07) is 6.71. The van der Waals surface area contributed by atoms with Gasteiger partial charge in [-0.15, -0.1) is 0 Å². The van der Waals surface area contributed by atoms with Crippen LogP contribution in [0.15, 0.2) is 18.2 Å². The molecular formula is C24H38ClN3O2. The number of hydrogen-bond acceptors (Lipinski definition) is 4. The minimum Gasteiger partial charge on any atom is -0.385 e. The summed E-state index contributed by atoms with van der Waals surface area (Å²) in [5, 5.41) is 4.04. The second-order valence-electron chi connectivity index (χ2n) is 8.99. The number of aryl methyl sites for hydroxylation is 1. The fourth-order valence-electron chi connectivity index (χ4n) is 4.77. The summed E-state index contributed by atoms with van der Waals surface area (Å²) in [6.07, 6.45) is 7.40. The summed E-state index contributed by atoms with van der Waals surface area (Å²) >= 11 is 6.23. The first-order chi connectivity index (χ1) is 14.5. The zero-order valence-electron chi connectivity index (χ0n) is 18.7. The lowest BCUT2D eigenvalue weighted by atomic mass is 9.84. The largest absolute Gasteiger partial charge is 0.385 e. The molecule has 5 nitrogen and oxygen atoms in total. The Hall–Kier alpha value is -1.30. The van der Waals surface area contributed by atoms with E-state index < -0.39 is 0 Å². The Balaban J connectivity index is 1.31. The van der Waals surface area contributed by atoms with E-state index in [0.717, 1.165) is 56.4 Å². The van der Waals surface area contributed by atoms with Crippen molar-refractivity contribution in [3.63, 3.8) is 0 Å². The molecule has 2 fully saturated rings. The molecule has 6 heteroatoms. The average molecular weight is 436 g/mol. The van der Waals surface area contributed by atoms with Gasteiger partial charge in [-0.25, -0.2) is 0 Å². The minimum atomic E-state index is 0.184. The van der Waals surface area contributed by atoms with Gasteiger partial charge < -0.3 is 15.0 Å². The Morgan fingerprint density at radius 2 is 1.87 bits per heavy atom. The maximum atomic E-state index is 12.0. The van der Waals surface area contributed by atoms with Crippen LogP contribution < -0.4 is 10.2 Å². The molecule has 1 aliphatic heterocycles. The highest BCUT2D eigenvalue weighted by Crippen LogP contribution is 2.28. The number of methoxy groups -OCH3 is 1. The first-order valence-electron chi connectivity index (χ1n) is 11.6. The van der Waals surface area contributed by atoms with Crippen LogP contribution in [0.4, 0.5) is 5.69 Å². The van der Waals surface area contributed by atoms with Crippen molar-refractivity contribution in [2.24, 2.45) is 5.92 Å². The van der Waals surface area contributed by atoms with Gasteiger partial charge in [0.15, 0.2) is 0 Å². The monoisotopic (exact) mass is 435 g/mol. The molecule has 0 atom stereocenters. The van der Waals surface area contributed by atoms with Crippen LogP contribution in [0.25, 0.3) is 0 Å². The molecule has 3 rings (SSSR count). The number of nitrogens with zero attached hydrogens (tertiary/aromatic N) is 2. The van der Waals surface area contributed by atoms with E-state index in [4.69, 9.17) is 16.3 Å². The molecule has 1 saturated heterocycles. The van der Waals surface area contributed by atoms with Crippen molar-refractivity contribution in [1.82, 2.24) is 10.2 Å². The van der Waals surface area contributed by atoms with E-state index in [1.807, 2.05) is 6.07 Å². The Bertz CT molecular complexity index is 648. The van der Waals surface area contributed by atoms with Crippen LogP contribution in [0.1, 0.15) is 50.5 Å². The molecule has 1 amide bonds. The zero-order chi connectivity index (χ0) is 21.3. The number of halogens is 1. The lowest BCUT2D eigenvalue weighted by molar-refractivity contribution is -0.122. The molecule has 0 unspecified atom stereocenters. The Kier molecular flexibility index (Phi) is 9.28. The smallest absolute Gasteiger partial charge is 0.220 e. The molecule has 168 valence electrons. The number of ether oxygens (including phenoxy) is 1. The predicted molar refractivity (Wildman–Crippen MR) is 124 cm³/mol. The van der Waals surface area contributed by atoms with E-state index in [0.29, 0.717) is 19.1 Å². The van der Waals surface area contributed by atoms with Gasteiger partial charge in [-0.05, 0) is 81.7 Å². The van der Waals surface area contributed by atoms with Crippen molar-refractivity contribution < 1.29 is 9.53 Å². The van der Waals surface area contributed by atoms with E-state index >= 15 is 0 Å². The normalized spacial score (nSPS) is 22.8. The van der Waals surface area contributed by atoms with Crippen LogP contribution in [0, 0.1) is 12.8 Å². The topological polar surface area (TPSA) is 44.8 Å². The van der Waals surface area contributed by atoms with Gasteiger partial charge in [0.25, 0.3) is 0 Å². The summed E-state index contributed by atoms with van der Waals surface area (Å²) in [5.41, 5.74) is 2.48. The number of amides is 1. The number of piperazine rings is 1. The summed E-state index contributed by atoms with van der Waals surface area (Å²) < 4.78 is 5.02. The number of rotatable bonds is 9. The Morgan fingerprint density at radius 3 is 2.53 bits per heavy atom. The van der Waals surface area contributed by atoms with Crippen molar-refractivity contribution in [3.8, 4) is 0 Å². The van der Waals surface area contributed by atoms with Crippen molar-refractivity contribution in [2.45, 2.75) is 57.9 Å². The second kappa shape index (κ2) is 11.9. The summed E-state index contributed by atoms with van der Waals surface area (Å²) in [7, 11) is 1.68. The van der Waals surface area contributed by atoms with Crippen molar-refractivity contribution in [1.29, 1.82) is 0 Å². The van der Waals surface area contributed by atoms with Crippen LogP contribution in [-0.4, -0.2) is 63.3 Å². The maximum Gasteiger partial charge on any atom is 0.220 e. The van der Waals surface area contributed by atoms with Crippen LogP contribution in [0.2, 0.25) is 5.02 Å². The molecule has 1 heterocycles. The van der Waals surface area contributed by atoms with Crippen molar-refractivity contribution in [2.75, 3.05) is 51.3 Å². The van der Waals surface area contributed by atoms with E-state index in [1.165, 1.54) is 37.1 Å². The minimum absolute atomic E-state index is 0.184. The van der Waals surface area contributed by atoms with E-state index in [1.54, 1.807) is 7.11 Å². The third-order valence-electron chi connectivity index (χ3n) is 6.58. The van der Waals surface area contributed by atoms with Crippen LogP contribution in [0.3, 0.4) is 0 Å². The Labute approximate surface area is 187 Å². The van der Waals surface area contributed by atoms with Gasteiger partial charge in [0.1, 0.15) is 0 Å². The van der Waals surface area contributed by atoms with Crippen molar-refractivity contribution in [3.05, 3.63) is 28.8 Å². The number of hydrogen-bond donors (Lipinski definition) is 1. The molecular weight excluding hydrogens is 398 g/mol. The summed E-state index contributed by atoms with van der Waals surface area (Å²) in [5.74, 6) is 0.989. The molecule has 2 aliphatic rings. The van der Waals surface area contributed by atoms with Gasteiger partial charge in [-0.1, -0.05) is 11.6 Å². The Morgan fingerprint density at radius 1 is 1.13 bits per heavy atom. The SMILES string of the molecule is COCCCC(=O)NC1CCC(CCN2CCN(c3cc(C)cc(Cl)c3)CC2)CC1. The van der Waals surface area contributed by atoms with E-state index in [9.17, 15) is 4.79 Å². The highest BCUT2D eigenvalue weighted by Gasteiger charge is 2.24. The highest BCUT2D eigenvalue weighted by atomic mass is 35.5.